The number of ether oxygens (including phenoxy) is 1. The first-order valence-electron chi connectivity index (χ1n) is 4.85. The molecule has 0 saturated heterocycles. The molecule has 3 heteroatoms. The largest absolute Gasteiger partial charge is 0.494 e. The van der Waals surface area contributed by atoms with Gasteiger partial charge in [-0.1, -0.05) is 0 Å². The van der Waals surface area contributed by atoms with E-state index in [2.05, 4.69) is 5.32 Å². The van der Waals surface area contributed by atoms with E-state index >= 15 is 0 Å². The number of hydrogen-bond acceptors (Lipinski definition) is 3. The van der Waals surface area contributed by atoms with E-state index in [-0.39, 0.29) is 5.78 Å². The maximum atomic E-state index is 11.5. The number of nitrogens with one attached hydrogen (secondary N) is 1. The summed E-state index contributed by atoms with van der Waals surface area (Å²) >= 11 is 0. The predicted molar refractivity (Wildman–Crippen MR) is 55.0 cm³/mol. The van der Waals surface area contributed by atoms with E-state index in [0.29, 0.717) is 13.0 Å². The third-order valence-electron chi connectivity index (χ3n) is 2.27. The highest BCUT2D eigenvalue weighted by molar-refractivity contribution is 6.03. The summed E-state index contributed by atoms with van der Waals surface area (Å²) in [5.74, 6) is 0.962. The zero-order valence-corrected chi connectivity index (χ0v) is 8.17. The van der Waals surface area contributed by atoms with Crippen LogP contribution in [0.4, 0.5) is 5.69 Å². The number of rotatable bonds is 2. The average molecular weight is 191 g/mol. The average Bonchev–Trinajstić information content (AvgIpc) is 2.20. The highest BCUT2D eigenvalue weighted by Gasteiger charge is 2.16. The van der Waals surface area contributed by atoms with Crippen LogP contribution in [-0.2, 0) is 0 Å². The fraction of sp³-hybridized carbons (Fsp3) is 0.364. The number of anilines is 1. The van der Waals surface area contributed by atoms with E-state index in [9.17, 15) is 4.79 Å². The Bertz CT molecular complexity index is 360. The van der Waals surface area contributed by atoms with E-state index in [1.165, 1.54) is 0 Å². The van der Waals surface area contributed by atoms with Crippen molar-refractivity contribution < 1.29 is 9.53 Å². The standard InChI is InChI=1S/C11H13NO2/c1-2-14-8-3-4-10-9(7-8)11(13)5-6-12-10/h3-4,7,12H,2,5-6H2,1H3. The number of ketones is 1. The van der Waals surface area contributed by atoms with Crippen molar-refractivity contribution in [2.45, 2.75) is 13.3 Å². The zero-order valence-electron chi connectivity index (χ0n) is 8.17. The maximum Gasteiger partial charge on any atom is 0.166 e. The topological polar surface area (TPSA) is 38.3 Å². The van der Waals surface area contributed by atoms with Crippen molar-refractivity contribution in [2.24, 2.45) is 0 Å². The van der Waals surface area contributed by atoms with Crippen LogP contribution in [0.25, 0.3) is 0 Å². The van der Waals surface area contributed by atoms with Gasteiger partial charge in [0.05, 0.1) is 6.61 Å². The summed E-state index contributed by atoms with van der Waals surface area (Å²) in [7, 11) is 0. The Balaban J connectivity index is 2.36. The Morgan fingerprint density at radius 2 is 2.36 bits per heavy atom. The third kappa shape index (κ3) is 1.58. The summed E-state index contributed by atoms with van der Waals surface area (Å²) < 4.78 is 5.34. The Morgan fingerprint density at radius 1 is 1.50 bits per heavy atom. The Labute approximate surface area is 83.1 Å². The lowest BCUT2D eigenvalue weighted by molar-refractivity contribution is 0.0983. The first-order chi connectivity index (χ1) is 6.81. The van der Waals surface area contributed by atoms with E-state index in [1.54, 1.807) is 0 Å². The lowest BCUT2D eigenvalue weighted by Gasteiger charge is -2.17. The van der Waals surface area contributed by atoms with Crippen LogP contribution >= 0.6 is 0 Å². The molecule has 0 aliphatic carbocycles. The first-order valence-corrected chi connectivity index (χ1v) is 4.85. The molecule has 0 saturated carbocycles. The van der Waals surface area contributed by atoms with Crippen LogP contribution in [0, 0.1) is 0 Å². The van der Waals surface area contributed by atoms with Crippen LogP contribution in [-0.4, -0.2) is 18.9 Å². The van der Waals surface area contributed by atoms with Gasteiger partial charge in [0.1, 0.15) is 5.75 Å². The molecule has 0 fully saturated rings. The molecule has 0 radical (unpaired) electrons. The lowest BCUT2D eigenvalue weighted by atomic mass is 10.0. The molecule has 1 aromatic rings. The molecule has 0 spiro atoms. The second kappa shape index (κ2) is 3.70. The summed E-state index contributed by atoms with van der Waals surface area (Å²) in [5, 5.41) is 3.19. The first kappa shape index (κ1) is 9.06. The molecular weight excluding hydrogens is 178 g/mol. The van der Waals surface area contributed by atoms with Crippen molar-refractivity contribution in [3.05, 3.63) is 23.8 Å². The fourth-order valence-corrected chi connectivity index (χ4v) is 1.61. The number of carbonyl (C=O) groups is 1. The smallest absolute Gasteiger partial charge is 0.166 e. The van der Waals surface area contributed by atoms with Crippen molar-refractivity contribution in [3.8, 4) is 5.75 Å². The molecule has 74 valence electrons. The Morgan fingerprint density at radius 3 is 3.14 bits per heavy atom. The van der Waals surface area contributed by atoms with Crippen LogP contribution in [0.5, 0.6) is 5.75 Å². The van der Waals surface area contributed by atoms with Crippen LogP contribution in [0.3, 0.4) is 0 Å². The van der Waals surface area contributed by atoms with Crippen LogP contribution in [0.1, 0.15) is 23.7 Å². The molecule has 1 N–H and O–H groups in total. The van der Waals surface area contributed by atoms with Gasteiger partial charge in [0, 0.05) is 24.2 Å². The normalized spacial score (nSPS) is 14.5. The SMILES string of the molecule is CCOc1ccc2c(c1)C(=O)CCN2. The van der Waals surface area contributed by atoms with Gasteiger partial charge in [-0.2, -0.15) is 0 Å². The van der Waals surface area contributed by atoms with Crippen molar-refractivity contribution in [3.63, 3.8) is 0 Å². The number of carbonyl (C=O) groups excluding carboxylic acids is 1. The second-order valence-corrected chi connectivity index (χ2v) is 3.24. The highest BCUT2D eigenvalue weighted by Crippen LogP contribution is 2.26. The molecular formula is C11H13NO2. The van der Waals surface area contributed by atoms with Gasteiger partial charge in [0.15, 0.2) is 5.78 Å². The van der Waals surface area contributed by atoms with Gasteiger partial charge in [-0.25, -0.2) is 0 Å². The number of fused-ring (bicyclic) bond motifs is 1. The van der Waals surface area contributed by atoms with Gasteiger partial charge >= 0.3 is 0 Å². The van der Waals surface area contributed by atoms with Crippen LogP contribution in [0.2, 0.25) is 0 Å². The van der Waals surface area contributed by atoms with E-state index in [1.807, 2.05) is 25.1 Å². The maximum absolute atomic E-state index is 11.5. The van der Waals surface area contributed by atoms with Crippen molar-refractivity contribution >= 4 is 11.5 Å². The minimum absolute atomic E-state index is 0.195. The van der Waals surface area contributed by atoms with Gasteiger partial charge in [-0.05, 0) is 25.1 Å². The number of hydrogen-bond donors (Lipinski definition) is 1. The van der Waals surface area contributed by atoms with Crippen LogP contribution in [0.15, 0.2) is 18.2 Å². The van der Waals surface area contributed by atoms with Crippen molar-refractivity contribution in [1.82, 2.24) is 0 Å². The van der Waals surface area contributed by atoms with Gasteiger partial charge in [0.25, 0.3) is 0 Å². The molecule has 3 nitrogen and oxygen atoms in total. The van der Waals surface area contributed by atoms with E-state index in [0.717, 1.165) is 23.5 Å². The minimum Gasteiger partial charge on any atom is -0.494 e. The predicted octanol–water partition coefficient (Wildman–Crippen LogP) is 2.08. The van der Waals surface area contributed by atoms with E-state index in [4.69, 9.17) is 4.74 Å². The molecule has 0 atom stereocenters. The molecule has 0 amide bonds. The molecule has 0 bridgehead atoms. The highest BCUT2D eigenvalue weighted by atomic mass is 16.5. The van der Waals surface area contributed by atoms with Gasteiger partial charge in [-0.15, -0.1) is 0 Å². The minimum atomic E-state index is 0.195. The quantitative estimate of drug-likeness (QED) is 0.777. The molecule has 0 unspecified atom stereocenters. The van der Waals surface area contributed by atoms with Gasteiger partial charge in [0.2, 0.25) is 0 Å². The number of benzene rings is 1. The molecule has 1 aliphatic rings. The lowest BCUT2D eigenvalue weighted by Crippen LogP contribution is -2.17. The monoisotopic (exact) mass is 191 g/mol. The van der Waals surface area contributed by atoms with Crippen LogP contribution < -0.4 is 10.1 Å². The molecule has 0 aromatic heterocycles. The molecule has 1 heterocycles. The van der Waals surface area contributed by atoms with Gasteiger partial charge < -0.3 is 10.1 Å². The molecule has 2 rings (SSSR count). The zero-order chi connectivity index (χ0) is 9.97. The van der Waals surface area contributed by atoms with Crippen molar-refractivity contribution in [1.29, 1.82) is 0 Å². The second-order valence-electron chi connectivity index (χ2n) is 3.24. The summed E-state index contributed by atoms with van der Waals surface area (Å²) in [6.45, 7) is 3.29. The molecule has 1 aromatic carbocycles. The summed E-state index contributed by atoms with van der Waals surface area (Å²) in [5.41, 5.74) is 1.67. The van der Waals surface area contributed by atoms with E-state index < -0.39 is 0 Å². The Kier molecular flexibility index (Phi) is 2.39. The van der Waals surface area contributed by atoms with Gasteiger partial charge in [-0.3, -0.25) is 4.79 Å². The number of Topliss-reactive ketones (excluding diaryl/α,β-unsaturated/α-hetero) is 1. The third-order valence-corrected chi connectivity index (χ3v) is 2.27. The summed E-state index contributed by atoms with van der Waals surface area (Å²) in [4.78, 5) is 11.5. The summed E-state index contributed by atoms with van der Waals surface area (Å²) in [6, 6.07) is 5.60. The molecule has 14 heavy (non-hydrogen) atoms. The summed E-state index contributed by atoms with van der Waals surface area (Å²) in [6.07, 6.45) is 0.572. The molecule has 1 aliphatic heterocycles. The van der Waals surface area contributed by atoms with Crippen molar-refractivity contribution in [2.75, 3.05) is 18.5 Å². The Hall–Kier alpha value is -1.51. The fourth-order valence-electron chi connectivity index (χ4n) is 1.61.